The molecule has 0 radical (unpaired) electrons. The summed E-state index contributed by atoms with van der Waals surface area (Å²) in [7, 11) is 0. The van der Waals surface area contributed by atoms with Crippen molar-refractivity contribution in [3.63, 3.8) is 0 Å². The summed E-state index contributed by atoms with van der Waals surface area (Å²) < 4.78 is 3.74. The molecule has 6 nitrogen and oxygen atoms in total. The molecule has 104 valence electrons. The van der Waals surface area contributed by atoms with E-state index in [4.69, 9.17) is 16.7 Å². The summed E-state index contributed by atoms with van der Waals surface area (Å²) in [5.41, 5.74) is 1.03. The number of benzene rings is 1. The van der Waals surface area contributed by atoms with Crippen LogP contribution < -0.4 is 5.32 Å². The van der Waals surface area contributed by atoms with Crippen LogP contribution in [0.15, 0.2) is 18.2 Å². The quantitative estimate of drug-likeness (QED) is 0.905. The minimum Gasteiger partial charge on any atom is -0.478 e. The molecule has 0 aliphatic rings. The first-order valence-electron chi connectivity index (χ1n) is 5.68. The van der Waals surface area contributed by atoms with Crippen LogP contribution in [0.25, 0.3) is 0 Å². The zero-order valence-corrected chi connectivity index (χ0v) is 12.0. The lowest BCUT2D eigenvalue weighted by Gasteiger charge is -2.06. The third kappa shape index (κ3) is 2.94. The Morgan fingerprint density at radius 3 is 2.80 bits per heavy atom. The summed E-state index contributed by atoms with van der Waals surface area (Å²) in [6.07, 6.45) is 0.609. The molecule has 0 unspecified atom stereocenters. The van der Waals surface area contributed by atoms with Crippen LogP contribution in [-0.2, 0) is 6.42 Å². The van der Waals surface area contributed by atoms with Crippen molar-refractivity contribution in [3.8, 4) is 0 Å². The number of anilines is 1. The van der Waals surface area contributed by atoms with Crippen LogP contribution >= 0.6 is 23.1 Å². The van der Waals surface area contributed by atoms with Gasteiger partial charge in [-0.05, 0) is 36.2 Å². The predicted octanol–water partition coefficient (Wildman–Crippen LogP) is 2.70. The molecule has 0 aliphatic carbocycles. The third-order valence-electron chi connectivity index (χ3n) is 2.55. The lowest BCUT2D eigenvalue weighted by atomic mass is 10.2. The van der Waals surface area contributed by atoms with Crippen molar-refractivity contribution in [1.29, 1.82) is 0 Å². The van der Waals surface area contributed by atoms with E-state index in [2.05, 4.69) is 14.9 Å². The summed E-state index contributed by atoms with van der Waals surface area (Å²) in [5.74, 6) is -1.45. The number of carbonyl (C=O) groups is 2. The van der Waals surface area contributed by atoms with Gasteiger partial charge in [0.2, 0.25) is 0 Å². The second-order valence-electron chi connectivity index (χ2n) is 3.86. The zero-order chi connectivity index (χ0) is 14.7. The first-order chi connectivity index (χ1) is 9.52. The molecule has 0 saturated carbocycles. The summed E-state index contributed by atoms with van der Waals surface area (Å²) in [4.78, 5) is 23.3. The molecule has 0 spiro atoms. The van der Waals surface area contributed by atoms with E-state index in [1.54, 1.807) is 0 Å². The summed E-state index contributed by atoms with van der Waals surface area (Å²) in [6, 6.07) is 4.21. The van der Waals surface area contributed by atoms with E-state index in [9.17, 15) is 9.59 Å². The van der Waals surface area contributed by atoms with Crippen LogP contribution in [0.3, 0.4) is 0 Å². The highest BCUT2D eigenvalue weighted by atomic mass is 35.5. The molecule has 8 heteroatoms. The fourth-order valence-electron chi connectivity index (χ4n) is 1.57. The topological polar surface area (TPSA) is 92.2 Å². The largest absolute Gasteiger partial charge is 0.478 e. The number of nitrogens with zero attached hydrogens (tertiary/aromatic N) is 2. The van der Waals surface area contributed by atoms with E-state index in [-0.39, 0.29) is 16.5 Å². The Hall–Kier alpha value is -1.99. The van der Waals surface area contributed by atoms with E-state index < -0.39 is 5.97 Å². The number of hydrogen-bond donors (Lipinski definition) is 2. The number of carboxylic acid groups (broad SMARTS) is 1. The average Bonchev–Trinajstić information content (AvgIpc) is 2.86. The second-order valence-corrected chi connectivity index (χ2v) is 5.02. The first-order valence-corrected chi connectivity index (χ1v) is 6.83. The predicted molar refractivity (Wildman–Crippen MR) is 75.7 cm³/mol. The van der Waals surface area contributed by atoms with Gasteiger partial charge in [-0.25, -0.2) is 4.79 Å². The molecule has 0 atom stereocenters. The van der Waals surface area contributed by atoms with Gasteiger partial charge >= 0.3 is 5.97 Å². The van der Waals surface area contributed by atoms with Gasteiger partial charge in [-0.2, -0.15) is 0 Å². The lowest BCUT2D eigenvalue weighted by Crippen LogP contribution is -2.12. The molecule has 20 heavy (non-hydrogen) atoms. The van der Waals surface area contributed by atoms with E-state index in [0.717, 1.165) is 11.5 Å². The SMILES string of the molecule is CCc1nnsc1C(=O)Nc1ccc(C(=O)O)c(Cl)c1. The molecular weight excluding hydrogens is 302 g/mol. The third-order valence-corrected chi connectivity index (χ3v) is 3.63. The van der Waals surface area contributed by atoms with Crippen molar-refractivity contribution < 1.29 is 14.7 Å². The van der Waals surface area contributed by atoms with Crippen molar-refractivity contribution in [1.82, 2.24) is 9.59 Å². The molecular formula is C12H10ClN3O3S. The number of hydrogen-bond acceptors (Lipinski definition) is 5. The van der Waals surface area contributed by atoms with Crippen molar-refractivity contribution in [2.24, 2.45) is 0 Å². The Kier molecular flexibility index (Phi) is 4.31. The van der Waals surface area contributed by atoms with Gasteiger partial charge in [-0.15, -0.1) is 5.10 Å². The molecule has 0 aliphatic heterocycles. The van der Waals surface area contributed by atoms with Crippen LogP contribution in [-0.4, -0.2) is 26.6 Å². The number of rotatable bonds is 4. The molecule has 0 fully saturated rings. The monoisotopic (exact) mass is 311 g/mol. The van der Waals surface area contributed by atoms with Gasteiger partial charge in [-0.3, -0.25) is 4.79 Å². The highest BCUT2D eigenvalue weighted by molar-refractivity contribution is 7.08. The minimum atomic E-state index is -1.12. The highest BCUT2D eigenvalue weighted by Crippen LogP contribution is 2.22. The Bertz CT molecular complexity index is 672. The van der Waals surface area contributed by atoms with Gasteiger partial charge in [0.05, 0.1) is 16.3 Å². The summed E-state index contributed by atoms with van der Waals surface area (Å²) in [5, 5.41) is 15.4. The van der Waals surface area contributed by atoms with Crippen LogP contribution in [0, 0.1) is 0 Å². The number of aromatic carboxylic acids is 1. The fraction of sp³-hybridized carbons (Fsp3) is 0.167. The standard InChI is InChI=1S/C12H10ClN3O3S/c1-2-9-10(20-16-15-9)11(17)14-6-3-4-7(12(18)19)8(13)5-6/h3-5H,2H2,1H3,(H,14,17)(H,18,19). The van der Waals surface area contributed by atoms with Gasteiger partial charge in [0, 0.05) is 5.69 Å². The molecule has 2 aromatic rings. The second kappa shape index (κ2) is 5.98. The van der Waals surface area contributed by atoms with Gasteiger partial charge in [0.15, 0.2) is 0 Å². The summed E-state index contributed by atoms with van der Waals surface area (Å²) in [6.45, 7) is 1.88. The maximum atomic E-state index is 12.0. The molecule has 1 amide bonds. The van der Waals surface area contributed by atoms with E-state index >= 15 is 0 Å². The van der Waals surface area contributed by atoms with Crippen LogP contribution in [0.5, 0.6) is 0 Å². The summed E-state index contributed by atoms with van der Waals surface area (Å²) >= 11 is 6.85. The van der Waals surface area contributed by atoms with Crippen LogP contribution in [0.1, 0.15) is 32.6 Å². The van der Waals surface area contributed by atoms with Crippen LogP contribution in [0.2, 0.25) is 5.02 Å². The zero-order valence-electron chi connectivity index (χ0n) is 10.4. The average molecular weight is 312 g/mol. The Morgan fingerprint density at radius 1 is 1.45 bits per heavy atom. The number of aryl methyl sites for hydroxylation is 1. The van der Waals surface area contributed by atoms with Crippen LogP contribution in [0.4, 0.5) is 5.69 Å². The van der Waals surface area contributed by atoms with Gasteiger partial charge in [0.1, 0.15) is 4.88 Å². The number of carbonyl (C=O) groups excluding carboxylic acids is 1. The Morgan fingerprint density at radius 2 is 2.20 bits per heavy atom. The number of halogens is 1. The smallest absolute Gasteiger partial charge is 0.337 e. The number of amides is 1. The van der Waals surface area contributed by atoms with E-state index in [0.29, 0.717) is 22.7 Å². The van der Waals surface area contributed by atoms with E-state index in [1.165, 1.54) is 18.2 Å². The van der Waals surface area contributed by atoms with Gasteiger partial charge < -0.3 is 10.4 Å². The van der Waals surface area contributed by atoms with Gasteiger partial charge in [0.25, 0.3) is 5.91 Å². The van der Waals surface area contributed by atoms with Crippen molar-refractivity contribution in [3.05, 3.63) is 39.4 Å². The first kappa shape index (κ1) is 14.4. The maximum Gasteiger partial charge on any atom is 0.337 e. The Balaban J connectivity index is 2.20. The number of carboxylic acids is 1. The maximum absolute atomic E-state index is 12.0. The lowest BCUT2D eigenvalue weighted by molar-refractivity contribution is 0.0697. The molecule has 2 rings (SSSR count). The molecule has 0 saturated heterocycles. The van der Waals surface area contributed by atoms with Crippen molar-refractivity contribution >= 4 is 40.7 Å². The molecule has 1 aromatic carbocycles. The molecule has 1 heterocycles. The Labute approximate surface area is 123 Å². The molecule has 1 aromatic heterocycles. The molecule has 2 N–H and O–H groups in total. The van der Waals surface area contributed by atoms with Crippen molar-refractivity contribution in [2.75, 3.05) is 5.32 Å². The van der Waals surface area contributed by atoms with Crippen molar-refractivity contribution in [2.45, 2.75) is 13.3 Å². The van der Waals surface area contributed by atoms with Gasteiger partial charge in [-0.1, -0.05) is 23.0 Å². The number of aromatic nitrogens is 2. The molecule has 0 bridgehead atoms. The van der Waals surface area contributed by atoms with E-state index in [1.807, 2.05) is 6.92 Å². The normalized spacial score (nSPS) is 10.3. The fourth-order valence-corrected chi connectivity index (χ4v) is 2.47. The minimum absolute atomic E-state index is 0.0154. The highest BCUT2D eigenvalue weighted by Gasteiger charge is 2.16. The number of nitrogens with one attached hydrogen (secondary N) is 1.